The minimum Gasteiger partial charge on any atom is -0.501 e. The Balaban J connectivity index is 2.15. The fourth-order valence-corrected chi connectivity index (χ4v) is 2.71. The molecule has 1 atom stereocenters. The largest absolute Gasteiger partial charge is 0.501 e. The van der Waals surface area contributed by atoms with E-state index in [0.717, 1.165) is 41.4 Å². The number of hydrogen-bond acceptors (Lipinski definition) is 3. The van der Waals surface area contributed by atoms with Gasteiger partial charge in [-0.25, -0.2) is 0 Å². The van der Waals surface area contributed by atoms with Crippen LogP contribution in [-0.4, -0.2) is 18.8 Å². The van der Waals surface area contributed by atoms with Gasteiger partial charge in [0.2, 0.25) is 0 Å². The van der Waals surface area contributed by atoms with Gasteiger partial charge in [-0.15, -0.1) is 0 Å². The first kappa shape index (κ1) is 13.0. The highest BCUT2D eigenvalue weighted by molar-refractivity contribution is 5.88. The molecular formula is C17H18O3. The van der Waals surface area contributed by atoms with Crippen molar-refractivity contribution in [3.05, 3.63) is 53.8 Å². The second-order valence-electron chi connectivity index (χ2n) is 4.97. The van der Waals surface area contributed by atoms with Gasteiger partial charge in [-0.3, -0.25) is 0 Å². The van der Waals surface area contributed by atoms with E-state index in [-0.39, 0.29) is 0 Å². The number of methoxy groups -OCH3 is 1. The van der Waals surface area contributed by atoms with Gasteiger partial charge in [0, 0.05) is 5.56 Å². The predicted octanol–water partition coefficient (Wildman–Crippen LogP) is 3.58. The molecule has 0 saturated carbocycles. The maximum Gasteiger partial charge on any atom is 0.125 e. The summed E-state index contributed by atoms with van der Waals surface area (Å²) in [6.45, 7) is 0.725. The van der Waals surface area contributed by atoms with Crippen molar-refractivity contribution in [2.75, 3.05) is 13.7 Å². The van der Waals surface area contributed by atoms with Crippen molar-refractivity contribution >= 4 is 10.8 Å². The number of rotatable bonds is 3. The molecular weight excluding hydrogens is 252 g/mol. The number of aliphatic hydroxyl groups excluding tert-OH is 1. The Morgan fingerprint density at radius 1 is 1.20 bits per heavy atom. The van der Waals surface area contributed by atoms with Crippen molar-refractivity contribution in [2.45, 2.75) is 18.9 Å². The molecule has 0 saturated heterocycles. The summed E-state index contributed by atoms with van der Waals surface area (Å²) >= 11 is 0. The van der Waals surface area contributed by atoms with Crippen LogP contribution in [0.5, 0.6) is 5.75 Å². The summed E-state index contributed by atoms with van der Waals surface area (Å²) in [6.07, 6.45) is 2.80. The molecule has 104 valence electrons. The third kappa shape index (κ3) is 2.25. The zero-order valence-corrected chi connectivity index (χ0v) is 11.5. The minimum atomic E-state index is -0.684. The lowest BCUT2D eigenvalue weighted by molar-refractivity contribution is 0.169. The van der Waals surface area contributed by atoms with Crippen molar-refractivity contribution < 1.29 is 14.6 Å². The first-order valence-corrected chi connectivity index (χ1v) is 6.85. The predicted molar refractivity (Wildman–Crippen MR) is 78.7 cm³/mol. The highest BCUT2D eigenvalue weighted by atomic mass is 16.5. The van der Waals surface area contributed by atoms with Gasteiger partial charge in [-0.1, -0.05) is 30.3 Å². The standard InChI is InChI=1S/C17H18O3/c1-19-15-9-8-12-5-2-3-7-14(12)16(15)17(18)13-6-4-10-20-11-13/h2-3,5,7-9,11,17-18H,4,6,10H2,1H3. The maximum atomic E-state index is 10.7. The number of fused-ring (bicyclic) bond motifs is 1. The lowest BCUT2D eigenvalue weighted by Gasteiger charge is -2.22. The van der Waals surface area contributed by atoms with Crippen molar-refractivity contribution in [1.82, 2.24) is 0 Å². The van der Waals surface area contributed by atoms with E-state index in [1.807, 2.05) is 36.4 Å². The van der Waals surface area contributed by atoms with Crippen LogP contribution in [0.3, 0.4) is 0 Å². The molecule has 0 radical (unpaired) electrons. The zero-order valence-electron chi connectivity index (χ0n) is 11.5. The normalized spacial score (nSPS) is 16.4. The topological polar surface area (TPSA) is 38.7 Å². The molecule has 20 heavy (non-hydrogen) atoms. The molecule has 3 nitrogen and oxygen atoms in total. The van der Waals surface area contributed by atoms with Gasteiger partial charge in [0.15, 0.2) is 0 Å². The van der Waals surface area contributed by atoms with Crippen LogP contribution in [0.25, 0.3) is 10.8 Å². The van der Waals surface area contributed by atoms with Crippen molar-refractivity contribution in [2.24, 2.45) is 0 Å². The molecule has 1 aliphatic rings. The zero-order chi connectivity index (χ0) is 13.9. The summed E-state index contributed by atoms with van der Waals surface area (Å²) in [5, 5.41) is 12.8. The second kappa shape index (κ2) is 5.55. The minimum absolute atomic E-state index is 0.684. The summed E-state index contributed by atoms with van der Waals surface area (Å²) in [5.41, 5.74) is 1.73. The third-order valence-corrected chi connectivity index (χ3v) is 3.74. The van der Waals surface area contributed by atoms with E-state index < -0.39 is 6.10 Å². The van der Waals surface area contributed by atoms with Gasteiger partial charge >= 0.3 is 0 Å². The van der Waals surface area contributed by atoms with E-state index in [1.165, 1.54) is 0 Å². The highest BCUT2D eigenvalue weighted by Gasteiger charge is 2.22. The molecule has 0 bridgehead atoms. The van der Waals surface area contributed by atoms with Crippen LogP contribution in [0.1, 0.15) is 24.5 Å². The number of benzene rings is 2. The molecule has 2 aromatic carbocycles. The van der Waals surface area contributed by atoms with Crippen molar-refractivity contribution in [1.29, 1.82) is 0 Å². The van der Waals surface area contributed by atoms with Gasteiger partial charge in [-0.05, 0) is 35.3 Å². The van der Waals surface area contributed by atoms with Crippen molar-refractivity contribution in [3.8, 4) is 5.75 Å². The van der Waals surface area contributed by atoms with E-state index in [0.29, 0.717) is 5.75 Å². The van der Waals surface area contributed by atoms with E-state index in [1.54, 1.807) is 13.4 Å². The van der Waals surface area contributed by atoms with Gasteiger partial charge in [0.25, 0.3) is 0 Å². The molecule has 0 amide bonds. The molecule has 0 spiro atoms. The monoisotopic (exact) mass is 270 g/mol. The summed E-state index contributed by atoms with van der Waals surface area (Å²) in [5.74, 6) is 0.711. The summed E-state index contributed by atoms with van der Waals surface area (Å²) in [7, 11) is 1.63. The Hall–Kier alpha value is -2.00. The highest BCUT2D eigenvalue weighted by Crippen LogP contribution is 2.38. The Morgan fingerprint density at radius 2 is 2.05 bits per heavy atom. The lowest BCUT2D eigenvalue weighted by atomic mass is 9.93. The second-order valence-corrected chi connectivity index (χ2v) is 4.97. The molecule has 2 aromatic rings. The molecule has 3 rings (SSSR count). The Labute approximate surface area is 118 Å². The van der Waals surface area contributed by atoms with E-state index in [9.17, 15) is 5.11 Å². The summed E-state index contributed by atoms with van der Waals surface area (Å²) in [4.78, 5) is 0. The quantitative estimate of drug-likeness (QED) is 0.926. The first-order chi connectivity index (χ1) is 9.81. The fraction of sp³-hybridized carbons (Fsp3) is 0.294. The molecule has 1 unspecified atom stereocenters. The van der Waals surface area contributed by atoms with Gasteiger partial charge < -0.3 is 14.6 Å². The smallest absolute Gasteiger partial charge is 0.125 e. The summed E-state index contributed by atoms with van der Waals surface area (Å²) < 4.78 is 10.8. The van der Waals surface area contributed by atoms with Crippen LogP contribution in [0.15, 0.2) is 48.2 Å². The van der Waals surface area contributed by atoms with Crippen LogP contribution in [0.4, 0.5) is 0 Å². The summed E-state index contributed by atoms with van der Waals surface area (Å²) in [6, 6.07) is 11.9. The van der Waals surface area contributed by atoms with E-state index >= 15 is 0 Å². The van der Waals surface area contributed by atoms with Gasteiger partial charge in [0.1, 0.15) is 11.9 Å². The maximum absolute atomic E-state index is 10.7. The van der Waals surface area contributed by atoms with Crippen LogP contribution < -0.4 is 4.74 Å². The average Bonchev–Trinajstić information content (AvgIpc) is 2.54. The fourth-order valence-electron chi connectivity index (χ4n) is 2.71. The van der Waals surface area contributed by atoms with Crippen LogP contribution in [-0.2, 0) is 4.74 Å². The number of ether oxygens (including phenoxy) is 2. The van der Waals surface area contributed by atoms with Crippen molar-refractivity contribution in [3.63, 3.8) is 0 Å². The molecule has 0 aliphatic carbocycles. The number of aliphatic hydroxyl groups is 1. The Morgan fingerprint density at radius 3 is 2.80 bits per heavy atom. The van der Waals surface area contributed by atoms with Crippen LogP contribution >= 0.6 is 0 Å². The van der Waals surface area contributed by atoms with E-state index in [2.05, 4.69) is 0 Å². The molecule has 0 fully saturated rings. The molecule has 1 N–H and O–H groups in total. The van der Waals surface area contributed by atoms with Gasteiger partial charge in [0.05, 0.1) is 20.0 Å². The first-order valence-electron chi connectivity index (χ1n) is 6.85. The molecule has 1 aliphatic heterocycles. The lowest BCUT2D eigenvalue weighted by Crippen LogP contribution is -2.09. The molecule has 1 heterocycles. The Kier molecular flexibility index (Phi) is 3.61. The van der Waals surface area contributed by atoms with Crippen LogP contribution in [0.2, 0.25) is 0 Å². The Bertz CT molecular complexity index is 646. The number of hydrogen-bond donors (Lipinski definition) is 1. The molecule has 0 aromatic heterocycles. The molecule has 3 heteroatoms. The van der Waals surface area contributed by atoms with Crippen LogP contribution in [0, 0.1) is 0 Å². The average molecular weight is 270 g/mol. The third-order valence-electron chi connectivity index (χ3n) is 3.74. The SMILES string of the molecule is COc1ccc2ccccc2c1C(O)C1=COCCC1. The van der Waals surface area contributed by atoms with E-state index in [4.69, 9.17) is 9.47 Å². The van der Waals surface area contributed by atoms with Gasteiger partial charge in [-0.2, -0.15) is 0 Å².